The predicted octanol–water partition coefficient (Wildman–Crippen LogP) is 1.20. The van der Waals surface area contributed by atoms with Crippen molar-refractivity contribution in [1.82, 2.24) is 19.3 Å². The van der Waals surface area contributed by atoms with Gasteiger partial charge in [0, 0.05) is 44.2 Å². The van der Waals surface area contributed by atoms with E-state index >= 15 is 0 Å². The molecule has 0 amide bonds. The Morgan fingerprint density at radius 2 is 2.06 bits per heavy atom. The number of imidazole rings is 1. The van der Waals surface area contributed by atoms with Crippen LogP contribution in [0.5, 0.6) is 0 Å². The van der Waals surface area contributed by atoms with Crippen LogP contribution in [0, 0.1) is 13.8 Å². The molecule has 0 unspecified atom stereocenters. The molecule has 0 spiro atoms. The summed E-state index contributed by atoms with van der Waals surface area (Å²) in [4.78, 5) is 16.2. The van der Waals surface area contributed by atoms with Crippen molar-refractivity contribution in [2.75, 3.05) is 0 Å². The molecular formula is C12H16N4O. The van der Waals surface area contributed by atoms with E-state index in [2.05, 4.69) is 10.1 Å². The van der Waals surface area contributed by atoms with Crippen LogP contribution in [0.2, 0.25) is 0 Å². The molecule has 2 rings (SSSR count). The van der Waals surface area contributed by atoms with Crippen LogP contribution in [0.15, 0.2) is 12.4 Å². The Morgan fingerprint density at radius 3 is 2.53 bits per heavy atom. The van der Waals surface area contributed by atoms with Gasteiger partial charge in [-0.05, 0) is 13.8 Å². The summed E-state index contributed by atoms with van der Waals surface area (Å²) < 4.78 is 3.54. The molecule has 0 bridgehead atoms. The number of hydrogen-bond donors (Lipinski definition) is 0. The Kier molecular flexibility index (Phi) is 2.83. The number of carbonyl (C=O) groups excluding carboxylic acids is 1. The molecule has 0 aromatic carbocycles. The SMILES string of the molecule is Cc1nn(C)c(C)c1CC(=O)c1nccn1C. The van der Waals surface area contributed by atoms with Gasteiger partial charge in [0.25, 0.3) is 0 Å². The van der Waals surface area contributed by atoms with Crippen molar-refractivity contribution < 1.29 is 4.79 Å². The maximum Gasteiger partial charge on any atom is 0.202 e. The zero-order valence-corrected chi connectivity index (χ0v) is 10.6. The number of hydrogen-bond acceptors (Lipinski definition) is 3. The van der Waals surface area contributed by atoms with Gasteiger partial charge in [0.2, 0.25) is 5.78 Å². The average Bonchev–Trinajstić information content (AvgIpc) is 2.78. The van der Waals surface area contributed by atoms with E-state index in [9.17, 15) is 4.79 Å². The van der Waals surface area contributed by atoms with E-state index in [-0.39, 0.29) is 5.78 Å². The molecule has 5 heteroatoms. The molecule has 0 aliphatic heterocycles. The fraction of sp³-hybridized carbons (Fsp3) is 0.417. The minimum absolute atomic E-state index is 0.0247. The molecular weight excluding hydrogens is 216 g/mol. The van der Waals surface area contributed by atoms with Crippen LogP contribution in [-0.4, -0.2) is 25.1 Å². The Morgan fingerprint density at radius 1 is 1.35 bits per heavy atom. The Bertz CT molecular complexity index is 565. The van der Waals surface area contributed by atoms with Crippen LogP contribution in [-0.2, 0) is 20.5 Å². The van der Waals surface area contributed by atoms with Gasteiger partial charge in [-0.2, -0.15) is 5.10 Å². The van der Waals surface area contributed by atoms with Crippen molar-refractivity contribution in [3.8, 4) is 0 Å². The fourth-order valence-corrected chi connectivity index (χ4v) is 1.95. The average molecular weight is 232 g/mol. The molecule has 2 aromatic heterocycles. The van der Waals surface area contributed by atoms with Crippen molar-refractivity contribution in [2.24, 2.45) is 14.1 Å². The molecule has 5 nitrogen and oxygen atoms in total. The van der Waals surface area contributed by atoms with Crippen LogP contribution in [0.1, 0.15) is 27.6 Å². The molecule has 0 aliphatic rings. The highest BCUT2D eigenvalue weighted by Crippen LogP contribution is 2.14. The standard InChI is InChI=1S/C12H16N4O/c1-8-10(9(2)16(4)14-8)7-11(17)12-13-5-6-15(12)3/h5-6H,7H2,1-4H3. The summed E-state index contributed by atoms with van der Waals surface area (Å²) in [7, 11) is 3.71. The number of Topliss-reactive ketones (excluding diaryl/α,β-unsaturated/α-hetero) is 1. The van der Waals surface area contributed by atoms with Crippen LogP contribution in [0.3, 0.4) is 0 Å². The molecule has 0 fully saturated rings. The van der Waals surface area contributed by atoms with Crippen molar-refractivity contribution in [3.63, 3.8) is 0 Å². The number of nitrogens with zero attached hydrogens (tertiary/aromatic N) is 4. The summed E-state index contributed by atoms with van der Waals surface area (Å²) in [6.07, 6.45) is 3.77. The van der Waals surface area contributed by atoms with E-state index in [0.717, 1.165) is 17.0 Å². The zero-order valence-electron chi connectivity index (χ0n) is 10.6. The highest BCUT2D eigenvalue weighted by atomic mass is 16.1. The second-order valence-corrected chi connectivity index (χ2v) is 4.23. The quantitative estimate of drug-likeness (QED) is 0.747. The molecule has 2 aromatic rings. The van der Waals surface area contributed by atoms with Crippen LogP contribution in [0.4, 0.5) is 0 Å². The molecule has 0 saturated carbocycles. The van der Waals surface area contributed by atoms with Gasteiger partial charge < -0.3 is 4.57 Å². The minimum Gasteiger partial charge on any atom is -0.332 e. The lowest BCUT2D eigenvalue weighted by Gasteiger charge is -2.02. The van der Waals surface area contributed by atoms with Crippen LogP contribution in [0.25, 0.3) is 0 Å². The van der Waals surface area contributed by atoms with Crippen molar-refractivity contribution in [3.05, 3.63) is 35.2 Å². The highest BCUT2D eigenvalue weighted by molar-refractivity contribution is 5.94. The van der Waals surface area contributed by atoms with E-state index in [0.29, 0.717) is 12.2 Å². The van der Waals surface area contributed by atoms with Gasteiger partial charge in [0.15, 0.2) is 5.82 Å². The monoisotopic (exact) mass is 232 g/mol. The second-order valence-electron chi connectivity index (χ2n) is 4.23. The van der Waals surface area contributed by atoms with Gasteiger partial charge in [0.1, 0.15) is 0 Å². The summed E-state index contributed by atoms with van der Waals surface area (Å²) in [5.74, 6) is 0.518. The number of aromatic nitrogens is 4. The first-order valence-corrected chi connectivity index (χ1v) is 5.50. The molecule has 90 valence electrons. The Labute approximate surface area is 100 Å². The third-order valence-electron chi connectivity index (χ3n) is 3.07. The van der Waals surface area contributed by atoms with E-state index < -0.39 is 0 Å². The van der Waals surface area contributed by atoms with Crippen LogP contribution < -0.4 is 0 Å². The van der Waals surface area contributed by atoms with E-state index in [1.807, 2.05) is 27.9 Å². The number of ketones is 1. The van der Waals surface area contributed by atoms with Gasteiger partial charge in [-0.3, -0.25) is 9.48 Å². The Balaban J connectivity index is 2.28. The molecule has 0 atom stereocenters. The number of carbonyl (C=O) groups is 1. The Hall–Kier alpha value is -1.91. The largest absolute Gasteiger partial charge is 0.332 e. The highest BCUT2D eigenvalue weighted by Gasteiger charge is 2.17. The minimum atomic E-state index is 0.0247. The predicted molar refractivity (Wildman–Crippen MR) is 63.9 cm³/mol. The lowest BCUT2D eigenvalue weighted by Crippen LogP contribution is -2.11. The van der Waals surface area contributed by atoms with Gasteiger partial charge in [0.05, 0.1) is 5.69 Å². The van der Waals surface area contributed by atoms with Gasteiger partial charge >= 0.3 is 0 Å². The molecule has 2 heterocycles. The number of aryl methyl sites for hydroxylation is 3. The first-order valence-electron chi connectivity index (χ1n) is 5.50. The maximum atomic E-state index is 12.1. The van der Waals surface area contributed by atoms with E-state index in [1.165, 1.54) is 0 Å². The van der Waals surface area contributed by atoms with Gasteiger partial charge in [-0.25, -0.2) is 4.98 Å². The molecule has 0 N–H and O–H groups in total. The van der Waals surface area contributed by atoms with Gasteiger partial charge in [-0.15, -0.1) is 0 Å². The summed E-state index contributed by atoms with van der Waals surface area (Å²) in [5, 5.41) is 4.30. The molecule has 0 aliphatic carbocycles. The summed E-state index contributed by atoms with van der Waals surface area (Å²) in [6.45, 7) is 3.90. The zero-order chi connectivity index (χ0) is 12.6. The number of rotatable bonds is 3. The fourth-order valence-electron chi connectivity index (χ4n) is 1.95. The van der Waals surface area contributed by atoms with Crippen LogP contribution >= 0.6 is 0 Å². The first-order chi connectivity index (χ1) is 8.00. The smallest absolute Gasteiger partial charge is 0.202 e. The summed E-state index contributed by atoms with van der Waals surface area (Å²) >= 11 is 0. The van der Waals surface area contributed by atoms with Crippen molar-refractivity contribution >= 4 is 5.78 Å². The second kappa shape index (κ2) is 4.16. The third kappa shape index (κ3) is 2.00. The maximum absolute atomic E-state index is 12.1. The molecule has 0 radical (unpaired) electrons. The van der Waals surface area contributed by atoms with E-state index in [4.69, 9.17) is 0 Å². The third-order valence-corrected chi connectivity index (χ3v) is 3.07. The van der Waals surface area contributed by atoms with E-state index in [1.54, 1.807) is 21.6 Å². The van der Waals surface area contributed by atoms with Gasteiger partial charge in [-0.1, -0.05) is 0 Å². The lowest BCUT2D eigenvalue weighted by atomic mass is 10.1. The summed E-state index contributed by atoms with van der Waals surface area (Å²) in [6, 6.07) is 0. The van der Waals surface area contributed by atoms with Crippen molar-refractivity contribution in [2.45, 2.75) is 20.3 Å². The first kappa shape index (κ1) is 11.6. The molecule has 0 saturated heterocycles. The normalized spacial score (nSPS) is 10.8. The van der Waals surface area contributed by atoms with Crippen molar-refractivity contribution in [1.29, 1.82) is 0 Å². The lowest BCUT2D eigenvalue weighted by molar-refractivity contribution is 0.0979. The topological polar surface area (TPSA) is 52.7 Å². The molecule has 17 heavy (non-hydrogen) atoms. The summed E-state index contributed by atoms with van der Waals surface area (Å²) in [5.41, 5.74) is 2.94.